The SMILES string of the molecule is CCOC1(C(=O)O)c2ccccc2-c2ccccc21. The summed E-state index contributed by atoms with van der Waals surface area (Å²) >= 11 is 0. The van der Waals surface area contributed by atoms with Crippen LogP contribution in [0.2, 0.25) is 0 Å². The number of hydrogen-bond donors (Lipinski definition) is 1. The minimum absolute atomic E-state index is 0.342. The molecule has 0 spiro atoms. The van der Waals surface area contributed by atoms with E-state index in [1.165, 1.54) is 0 Å². The van der Waals surface area contributed by atoms with Crippen LogP contribution in [0.15, 0.2) is 48.5 Å². The number of hydrogen-bond acceptors (Lipinski definition) is 2. The van der Waals surface area contributed by atoms with E-state index in [9.17, 15) is 9.90 Å². The summed E-state index contributed by atoms with van der Waals surface area (Å²) in [6.07, 6.45) is 0. The number of rotatable bonds is 3. The summed E-state index contributed by atoms with van der Waals surface area (Å²) in [7, 11) is 0. The van der Waals surface area contributed by atoms with Gasteiger partial charge in [0.1, 0.15) is 0 Å². The van der Waals surface area contributed by atoms with Crippen LogP contribution in [0.1, 0.15) is 18.1 Å². The average Bonchev–Trinajstić information content (AvgIpc) is 2.72. The molecule has 0 radical (unpaired) electrons. The van der Waals surface area contributed by atoms with Crippen molar-refractivity contribution in [3.63, 3.8) is 0 Å². The van der Waals surface area contributed by atoms with Crippen LogP contribution in [-0.4, -0.2) is 17.7 Å². The highest BCUT2D eigenvalue weighted by Gasteiger charge is 2.50. The maximum Gasteiger partial charge on any atom is 0.345 e. The number of benzene rings is 2. The predicted octanol–water partition coefficient (Wildman–Crippen LogP) is 3.03. The molecule has 2 aromatic rings. The van der Waals surface area contributed by atoms with Crippen molar-refractivity contribution in [1.82, 2.24) is 0 Å². The number of carboxylic acid groups (broad SMARTS) is 1. The molecular formula is C16H14O3. The first-order valence-corrected chi connectivity index (χ1v) is 6.28. The van der Waals surface area contributed by atoms with E-state index in [0.717, 1.165) is 11.1 Å². The molecule has 1 aliphatic carbocycles. The summed E-state index contributed by atoms with van der Waals surface area (Å²) in [5.41, 5.74) is 1.93. The van der Waals surface area contributed by atoms with Gasteiger partial charge in [-0.1, -0.05) is 48.5 Å². The molecule has 3 heteroatoms. The average molecular weight is 254 g/mol. The lowest BCUT2D eigenvalue weighted by molar-refractivity contribution is -0.160. The molecular weight excluding hydrogens is 240 g/mol. The minimum atomic E-state index is -1.37. The zero-order valence-electron chi connectivity index (χ0n) is 10.6. The molecule has 0 saturated carbocycles. The van der Waals surface area contributed by atoms with Crippen LogP contribution in [0.4, 0.5) is 0 Å². The fourth-order valence-electron chi connectivity index (χ4n) is 2.86. The van der Waals surface area contributed by atoms with Crippen molar-refractivity contribution in [3.05, 3.63) is 59.7 Å². The lowest BCUT2D eigenvalue weighted by Crippen LogP contribution is -2.38. The first kappa shape index (κ1) is 11.9. The molecule has 0 saturated heterocycles. The summed E-state index contributed by atoms with van der Waals surface area (Å²) in [6.45, 7) is 2.16. The van der Waals surface area contributed by atoms with E-state index in [1.54, 1.807) is 0 Å². The van der Waals surface area contributed by atoms with E-state index in [0.29, 0.717) is 17.7 Å². The van der Waals surface area contributed by atoms with Gasteiger partial charge in [0.25, 0.3) is 0 Å². The number of carboxylic acids is 1. The maximum atomic E-state index is 11.9. The van der Waals surface area contributed by atoms with Gasteiger partial charge < -0.3 is 9.84 Å². The Bertz CT molecular complexity index is 600. The number of ether oxygens (including phenoxy) is 1. The van der Waals surface area contributed by atoms with Gasteiger partial charge in [-0.15, -0.1) is 0 Å². The van der Waals surface area contributed by atoms with Crippen molar-refractivity contribution in [2.24, 2.45) is 0 Å². The Morgan fingerprint density at radius 3 is 1.95 bits per heavy atom. The van der Waals surface area contributed by atoms with E-state index in [1.807, 2.05) is 55.5 Å². The van der Waals surface area contributed by atoms with Crippen LogP contribution in [0.25, 0.3) is 11.1 Å². The van der Waals surface area contributed by atoms with Crippen LogP contribution in [0.3, 0.4) is 0 Å². The third-order valence-electron chi connectivity index (χ3n) is 3.56. The van der Waals surface area contributed by atoms with E-state index in [2.05, 4.69) is 0 Å². The van der Waals surface area contributed by atoms with Crippen LogP contribution in [0, 0.1) is 0 Å². The molecule has 3 rings (SSSR count). The quantitative estimate of drug-likeness (QED) is 0.915. The summed E-state index contributed by atoms with van der Waals surface area (Å²) in [5, 5.41) is 9.76. The van der Waals surface area contributed by atoms with Gasteiger partial charge in [0.05, 0.1) is 0 Å². The molecule has 0 amide bonds. The molecule has 1 aliphatic rings. The topological polar surface area (TPSA) is 46.5 Å². The molecule has 19 heavy (non-hydrogen) atoms. The first-order valence-electron chi connectivity index (χ1n) is 6.28. The summed E-state index contributed by atoms with van der Waals surface area (Å²) < 4.78 is 5.71. The lowest BCUT2D eigenvalue weighted by atomic mass is 9.91. The Hall–Kier alpha value is -2.13. The second kappa shape index (κ2) is 4.21. The monoisotopic (exact) mass is 254 g/mol. The minimum Gasteiger partial charge on any atom is -0.479 e. The fraction of sp³-hybridized carbons (Fsp3) is 0.188. The Balaban J connectivity index is 2.38. The molecule has 1 N–H and O–H groups in total. The highest BCUT2D eigenvalue weighted by atomic mass is 16.5. The van der Waals surface area contributed by atoms with Gasteiger partial charge in [-0.25, -0.2) is 4.79 Å². The first-order chi connectivity index (χ1) is 9.21. The summed E-state index contributed by atoms with van der Waals surface area (Å²) in [6, 6.07) is 15.1. The number of aliphatic carboxylic acids is 1. The number of fused-ring (bicyclic) bond motifs is 3. The molecule has 0 heterocycles. The molecule has 0 aromatic heterocycles. The van der Waals surface area contributed by atoms with Crippen molar-refractivity contribution < 1.29 is 14.6 Å². The van der Waals surface area contributed by atoms with Crippen LogP contribution in [-0.2, 0) is 15.1 Å². The Labute approximate surface area is 111 Å². The van der Waals surface area contributed by atoms with Gasteiger partial charge in [-0.05, 0) is 18.1 Å². The molecule has 0 bridgehead atoms. The van der Waals surface area contributed by atoms with Crippen LogP contribution < -0.4 is 0 Å². The Kier molecular flexibility index (Phi) is 2.64. The second-order valence-corrected chi connectivity index (χ2v) is 4.51. The Morgan fingerprint density at radius 2 is 1.53 bits per heavy atom. The summed E-state index contributed by atoms with van der Waals surface area (Å²) in [4.78, 5) is 11.9. The van der Waals surface area contributed by atoms with E-state index >= 15 is 0 Å². The predicted molar refractivity (Wildman–Crippen MR) is 71.9 cm³/mol. The third kappa shape index (κ3) is 1.45. The number of carbonyl (C=O) groups is 1. The second-order valence-electron chi connectivity index (χ2n) is 4.51. The zero-order valence-corrected chi connectivity index (χ0v) is 10.6. The van der Waals surface area contributed by atoms with Crippen LogP contribution in [0.5, 0.6) is 0 Å². The van der Waals surface area contributed by atoms with Gasteiger partial charge in [-0.2, -0.15) is 0 Å². The highest BCUT2D eigenvalue weighted by Crippen LogP contribution is 2.49. The van der Waals surface area contributed by atoms with Gasteiger partial charge in [0.15, 0.2) is 0 Å². The van der Waals surface area contributed by atoms with Gasteiger partial charge in [-0.3, -0.25) is 0 Å². The van der Waals surface area contributed by atoms with Gasteiger partial charge in [0.2, 0.25) is 5.60 Å². The molecule has 0 unspecified atom stereocenters. The van der Waals surface area contributed by atoms with Crippen molar-refractivity contribution >= 4 is 5.97 Å². The lowest BCUT2D eigenvalue weighted by Gasteiger charge is -2.26. The van der Waals surface area contributed by atoms with Crippen molar-refractivity contribution in [2.75, 3.05) is 6.61 Å². The fourth-order valence-corrected chi connectivity index (χ4v) is 2.86. The molecule has 0 fully saturated rings. The molecule has 96 valence electrons. The standard InChI is InChI=1S/C16H14O3/c1-2-19-16(15(17)18)13-9-5-3-7-11(13)12-8-4-6-10-14(12)16/h3-10H,2H2,1H3,(H,17,18). The van der Waals surface area contributed by atoms with Gasteiger partial charge in [0, 0.05) is 17.7 Å². The van der Waals surface area contributed by atoms with Crippen molar-refractivity contribution in [3.8, 4) is 11.1 Å². The van der Waals surface area contributed by atoms with E-state index < -0.39 is 11.6 Å². The van der Waals surface area contributed by atoms with Crippen molar-refractivity contribution in [2.45, 2.75) is 12.5 Å². The molecule has 2 aromatic carbocycles. The molecule has 0 atom stereocenters. The van der Waals surface area contributed by atoms with E-state index in [-0.39, 0.29) is 0 Å². The highest BCUT2D eigenvalue weighted by molar-refractivity contribution is 5.95. The third-order valence-corrected chi connectivity index (χ3v) is 3.56. The Morgan fingerprint density at radius 1 is 1.05 bits per heavy atom. The van der Waals surface area contributed by atoms with E-state index in [4.69, 9.17) is 4.74 Å². The van der Waals surface area contributed by atoms with Crippen LogP contribution >= 0.6 is 0 Å². The van der Waals surface area contributed by atoms with Gasteiger partial charge >= 0.3 is 5.97 Å². The normalized spacial score (nSPS) is 14.8. The zero-order chi connectivity index (χ0) is 13.5. The van der Waals surface area contributed by atoms with Crippen molar-refractivity contribution in [1.29, 1.82) is 0 Å². The smallest absolute Gasteiger partial charge is 0.345 e. The largest absolute Gasteiger partial charge is 0.479 e. The summed E-state index contributed by atoms with van der Waals surface area (Å²) in [5.74, 6) is -0.966. The maximum absolute atomic E-state index is 11.9. The molecule has 3 nitrogen and oxygen atoms in total. The molecule has 0 aliphatic heterocycles.